The molecule has 108 valence electrons. The minimum Gasteiger partial charge on any atom is -0.480 e. The summed E-state index contributed by atoms with van der Waals surface area (Å²) in [4.78, 5) is 23.0. The molecule has 1 heterocycles. The predicted octanol–water partition coefficient (Wildman–Crippen LogP) is -0.274. The summed E-state index contributed by atoms with van der Waals surface area (Å²) in [5.41, 5.74) is -1.28. The fourth-order valence-corrected chi connectivity index (χ4v) is 4.03. The molecule has 1 aliphatic carbocycles. The van der Waals surface area contributed by atoms with E-state index in [0.29, 0.717) is 6.42 Å². The molecule has 2 rings (SSSR count). The van der Waals surface area contributed by atoms with E-state index >= 15 is 0 Å². The Labute approximate surface area is 111 Å². The molecule has 8 heteroatoms. The van der Waals surface area contributed by atoms with Crippen molar-refractivity contribution in [3.8, 4) is 0 Å². The minimum absolute atomic E-state index is 0.0527. The monoisotopic (exact) mass is 290 g/mol. The number of aliphatic carboxylic acids is 1. The number of amides is 2. The zero-order chi connectivity index (χ0) is 14.3. The molecule has 7 nitrogen and oxygen atoms in total. The third-order valence-corrected chi connectivity index (χ3v) is 5.55. The van der Waals surface area contributed by atoms with E-state index in [1.807, 2.05) is 0 Å². The Morgan fingerprint density at radius 1 is 1.26 bits per heavy atom. The van der Waals surface area contributed by atoms with Crippen molar-refractivity contribution < 1.29 is 23.1 Å². The Kier molecular flexibility index (Phi) is 3.46. The summed E-state index contributed by atoms with van der Waals surface area (Å²) in [7, 11) is -3.06. The Morgan fingerprint density at radius 3 is 2.32 bits per heavy atom. The van der Waals surface area contributed by atoms with Gasteiger partial charge < -0.3 is 15.7 Å². The summed E-state index contributed by atoms with van der Waals surface area (Å²) in [6, 6.07) is -1.04. The van der Waals surface area contributed by atoms with E-state index in [1.54, 1.807) is 0 Å². The second-order valence-corrected chi connectivity index (χ2v) is 7.71. The molecule has 2 aliphatic rings. The van der Waals surface area contributed by atoms with Crippen LogP contribution in [-0.4, -0.2) is 48.6 Å². The van der Waals surface area contributed by atoms with Gasteiger partial charge in [0, 0.05) is 6.04 Å². The van der Waals surface area contributed by atoms with E-state index in [1.165, 1.54) is 6.92 Å². The number of carboxylic acid groups (broad SMARTS) is 1. The summed E-state index contributed by atoms with van der Waals surface area (Å²) < 4.78 is 22.5. The Balaban J connectivity index is 1.92. The highest BCUT2D eigenvalue weighted by molar-refractivity contribution is 7.91. The van der Waals surface area contributed by atoms with Crippen LogP contribution in [0.25, 0.3) is 0 Å². The van der Waals surface area contributed by atoms with Gasteiger partial charge in [0.05, 0.1) is 11.5 Å². The van der Waals surface area contributed by atoms with Crippen LogP contribution in [0.1, 0.15) is 26.2 Å². The molecule has 0 aromatic heterocycles. The van der Waals surface area contributed by atoms with Gasteiger partial charge in [-0.05, 0) is 32.1 Å². The highest BCUT2D eigenvalue weighted by Crippen LogP contribution is 2.39. The van der Waals surface area contributed by atoms with E-state index in [0.717, 1.165) is 12.8 Å². The first-order valence-electron chi connectivity index (χ1n) is 6.25. The molecule has 19 heavy (non-hydrogen) atoms. The smallest absolute Gasteiger partial charge is 0.329 e. The van der Waals surface area contributed by atoms with Crippen molar-refractivity contribution in [3.05, 3.63) is 0 Å². The lowest BCUT2D eigenvalue weighted by atomic mass is 9.96. The first kappa shape index (κ1) is 14.1. The Hall–Kier alpha value is -1.31. The molecule has 0 spiro atoms. The number of rotatable bonds is 4. The first-order valence-corrected chi connectivity index (χ1v) is 8.07. The van der Waals surface area contributed by atoms with Gasteiger partial charge in [-0.1, -0.05) is 0 Å². The van der Waals surface area contributed by atoms with Gasteiger partial charge in [-0.15, -0.1) is 0 Å². The van der Waals surface area contributed by atoms with Gasteiger partial charge in [0.15, 0.2) is 9.84 Å². The topological polar surface area (TPSA) is 113 Å². The number of sulfone groups is 1. The molecule has 3 N–H and O–H groups in total. The van der Waals surface area contributed by atoms with Gasteiger partial charge in [-0.3, -0.25) is 0 Å². The summed E-state index contributed by atoms with van der Waals surface area (Å²) in [6.45, 7) is 1.48. The number of urea groups is 1. The van der Waals surface area contributed by atoms with E-state index in [4.69, 9.17) is 0 Å². The SMILES string of the molecule is CC(NC(=O)NC1CCS(=O)(=O)C1)(C(=O)O)C1CC1. The summed E-state index contributed by atoms with van der Waals surface area (Å²) in [5, 5.41) is 14.2. The molecule has 0 aromatic carbocycles. The first-order chi connectivity index (χ1) is 8.73. The van der Waals surface area contributed by atoms with Crippen molar-refractivity contribution in [2.75, 3.05) is 11.5 Å². The molecule has 2 amide bonds. The third kappa shape index (κ3) is 3.17. The minimum atomic E-state index is -3.06. The standard InChI is InChI=1S/C11H18N2O5S/c1-11(9(14)15,7-2-3-7)13-10(16)12-8-4-5-19(17,18)6-8/h7-8H,2-6H2,1H3,(H,14,15)(H2,12,13,16). The van der Waals surface area contributed by atoms with Crippen LogP contribution in [0.5, 0.6) is 0 Å². The zero-order valence-electron chi connectivity index (χ0n) is 10.7. The average molecular weight is 290 g/mol. The molecule has 1 aliphatic heterocycles. The van der Waals surface area contributed by atoms with E-state index < -0.39 is 33.4 Å². The lowest BCUT2D eigenvalue weighted by Crippen LogP contribution is -2.58. The molecule has 1 saturated carbocycles. The maximum absolute atomic E-state index is 11.8. The van der Waals surface area contributed by atoms with Gasteiger partial charge >= 0.3 is 12.0 Å². The highest BCUT2D eigenvalue weighted by atomic mass is 32.2. The number of nitrogens with one attached hydrogen (secondary N) is 2. The zero-order valence-corrected chi connectivity index (χ0v) is 11.5. The average Bonchev–Trinajstić information content (AvgIpc) is 3.05. The van der Waals surface area contributed by atoms with Gasteiger partial charge in [-0.2, -0.15) is 0 Å². The fourth-order valence-electron chi connectivity index (χ4n) is 2.36. The Bertz CT molecular complexity index is 499. The van der Waals surface area contributed by atoms with Crippen LogP contribution < -0.4 is 10.6 Å². The van der Waals surface area contributed by atoms with Gasteiger partial charge in [0.25, 0.3) is 0 Å². The number of carboxylic acids is 1. The molecule has 2 unspecified atom stereocenters. The Morgan fingerprint density at radius 2 is 1.89 bits per heavy atom. The highest BCUT2D eigenvalue weighted by Gasteiger charge is 2.48. The van der Waals surface area contributed by atoms with Crippen molar-refractivity contribution in [1.82, 2.24) is 10.6 Å². The summed E-state index contributed by atoms with van der Waals surface area (Å²) >= 11 is 0. The van der Waals surface area contributed by atoms with Crippen LogP contribution in [0.15, 0.2) is 0 Å². The van der Waals surface area contributed by atoms with Crippen LogP contribution in [0.4, 0.5) is 4.79 Å². The lowest BCUT2D eigenvalue weighted by molar-refractivity contribution is -0.144. The lowest BCUT2D eigenvalue weighted by Gasteiger charge is -2.27. The molecule has 1 saturated heterocycles. The van der Waals surface area contributed by atoms with Gasteiger partial charge in [0.1, 0.15) is 5.54 Å². The number of carbonyl (C=O) groups is 2. The molecule has 2 atom stereocenters. The fraction of sp³-hybridized carbons (Fsp3) is 0.818. The van der Waals surface area contributed by atoms with E-state index in [2.05, 4.69) is 10.6 Å². The number of hydrogen-bond donors (Lipinski definition) is 3. The second kappa shape index (κ2) is 4.66. The number of carbonyl (C=O) groups excluding carboxylic acids is 1. The largest absolute Gasteiger partial charge is 0.480 e. The van der Waals surface area contributed by atoms with Gasteiger partial charge in [0.2, 0.25) is 0 Å². The second-order valence-electron chi connectivity index (χ2n) is 5.48. The van der Waals surface area contributed by atoms with Crippen molar-refractivity contribution in [3.63, 3.8) is 0 Å². The molecule has 0 aromatic rings. The number of hydrogen-bond acceptors (Lipinski definition) is 4. The molecular weight excluding hydrogens is 272 g/mol. The molecular formula is C11H18N2O5S. The van der Waals surface area contributed by atoms with Crippen LogP contribution in [-0.2, 0) is 14.6 Å². The van der Waals surface area contributed by atoms with Crippen molar-refractivity contribution in [1.29, 1.82) is 0 Å². The van der Waals surface area contributed by atoms with Crippen molar-refractivity contribution in [2.24, 2.45) is 5.92 Å². The molecule has 0 bridgehead atoms. The maximum atomic E-state index is 11.8. The van der Waals surface area contributed by atoms with E-state index in [9.17, 15) is 23.1 Å². The summed E-state index contributed by atoms with van der Waals surface area (Å²) in [5.74, 6) is -1.13. The van der Waals surface area contributed by atoms with Crippen LogP contribution in [0.2, 0.25) is 0 Å². The van der Waals surface area contributed by atoms with Crippen LogP contribution in [0, 0.1) is 5.92 Å². The van der Waals surface area contributed by atoms with Crippen LogP contribution in [0.3, 0.4) is 0 Å². The normalized spacial score (nSPS) is 28.4. The molecule has 0 radical (unpaired) electrons. The maximum Gasteiger partial charge on any atom is 0.329 e. The predicted molar refractivity (Wildman–Crippen MR) is 67.5 cm³/mol. The third-order valence-electron chi connectivity index (χ3n) is 3.78. The van der Waals surface area contributed by atoms with Crippen molar-refractivity contribution in [2.45, 2.75) is 37.8 Å². The molecule has 2 fully saturated rings. The van der Waals surface area contributed by atoms with Gasteiger partial charge in [-0.25, -0.2) is 18.0 Å². The van der Waals surface area contributed by atoms with Crippen LogP contribution >= 0.6 is 0 Å². The van der Waals surface area contributed by atoms with E-state index in [-0.39, 0.29) is 17.4 Å². The van der Waals surface area contributed by atoms with Crippen molar-refractivity contribution >= 4 is 21.8 Å². The summed E-state index contributed by atoms with van der Waals surface area (Å²) in [6.07, 6.45) is 1.94. The quantitative estimate of drug-likeness (QED) is 0.659.